The Kier molecular flexibility index (Phi) is 9.55. The molecule has 0 aliphatic carbocycles. The molecule has 1 saturated heterocycles. The lowest BCUT2D eigenvalue weighted by molar-refractivity contribution is 0.329. The van der Waals surface area contributed by atoms with Gasteiger partial charge >= 0.3 is 0 Å². The number of nitrogens with zero attached hydrogens (tertiary/aromatic N) is 3. The summed E-state index contributed by atoms with van der Waals surface area (Å²) < 4.78 is 0. The van der Waals surface area contributed by atoms with E-state index >= 15 is 0 Å². The van der Waals surface area contributed by atoms with Crippen molar-refractivity contribution in [1.29, 1.82) is 0 Å². The van der Waals surface area contributed by atoms with E-state index in [0.717, 1.165) is 39.1 Å². The molecule has 1 aromatic rings. The summed E-state index contributed by atoms with van der Waals surface area (Å²) in [4.78, 5) is 9.26. The molecular weight excluding hydrogens is 399 g/mol. The second-order valence-corrected chi connectivity index (χ2v) is 6.06. The summed E-state index contributed by atoms with van der Waals surface area (Å²) in [5.41, 5.74) is 7.47. The quantitative estimate of drug-likeness (QED) is 0.411. The molecule has 2 rings (SSSR count). The number of hydrogen-bond acceptors (Lipinski definition) is 2. The van der Waals surface area contributed by atoms with Gasteiger partial charge in [-0.25, -0.2) is 0 Å². The molecule has 1 heterocycles. The van der Waals surface area contributed by atoms with Gasteiger partial charge in [-0.15, -0.1) is 24.0 Å². The first-order valence-electron chi connectivity index (χ1n) is 8.54. The molecule has 23 heavy (non-hydrogen) atoms. The zero-order valence-electron chi connectivity index (χ0n) is 14.4. The maximum absolute atomic E-state index is 6.05. The highest BCUT2D eigenvalue weighted by Gasteiger charge is 2.21. The number of halogens is 1. The van der Waals surface area contributed by atoms with E-state index < -0.39 is 0 Å². The number of nitrogens with two attached hydrogens (primary N) is 1. The molecule has 1 aliphatic rings. The van der Waals surface area contributed by atoms with Gasteiger partial charge in [0, 0.05) is 32.7 Å². The topological polar surface area (TPSA) is 44.9 Å². The maximum Gasteiger partial charge on any atom is 0.191 e. The zero-order chi connectivity index (χ0) is 15.8. The predicted octanol–water partition coefficient (Wildman–Crippen LogP) is 2.83. The molecule has 0 saturated carbocycles. The Morgan fingerprint density at radius 2 is 1.96 bits per heavy atom. The number of guanidine groups is 1. The average molecular weight is 430 g/mol. The van der Waals surface area contributed by atoms with E-state index in [0.29, 0.717) is 11.9 Å². The van der Waals surface area contributed by atoms with E-state index in [1.165, 1.54) is 18.5 Å². The molecule has 2 N–H and O–H groups in total. The number of benzene rings is 1. The van der Waals surface area contributed by atoms with Crippen LogP contribution in [0.4, 0.5) is 0 Å². The van der Waals surface area contributed by atoms with Crippen LogP contribution in [0.25, 0.3) is 0 Å². The standard InChI is InChI=1S/C18H30N4.HI/c1-3-22(4-2)18(19)20-14-17-11-13-21(15-17)12-10-16-8-6-5-7-9-16;/h5-9,17H,3-4,10-15H2,1-2H3,(H2,19,20);1H. The van der Waals surface area contributed by atoms with E-state index in [1.54, 1.807) is 0 Å². The number of rotatable bonds is 7. The summed E-state index contributed by atoms with van der Waals surface area (Å²) in [6.45, 7) is 10.5. The summed E-state index contributed by atoms with van der Waals surface area (Å²) in [7, 11) is 0. The molecule has 1 aliphatic heterocycles. The lowest BCUT2D eigenvalue weighted by atomic mass is 10.1. The van der Waals surface area contributed by atoms with Gasteiger partial charge < -0.3 is 15.5 Å². The van der Waals surface area contributed by atoms with Gasteiger partial charge in [-0.3, -0.25) is 4.99 Å². The van der Waals surface area contributed by atoms with Crippen LogP contribution >= 0.6 is 24.0 Å². The van der Waals surface area contributed by atoms with Gasteiger partial charge in [0.05, 0.1) is 0 Å². The molecule has 1 fully saturated rings. The summed E-state index contributed by atoms with van der Waals surface area (Å²) in [5.74, 6) is 1.36. The van der Waals surface area contributed by atoms with Gasteiger partial charge in [-0.05, 0) is 44.7 Å². The van der Waals surface area contributed by atoms with E-state index in [1.807, 2.05) is 0 Å². The fraction of sp³-hybridized carbons (Fsp3) is 0.611. The highest BCUT2D eigenvalue weighted by molar-refractivity contribution is 14.0. The van der Waals surface area contributed by atoms with Gasteiger partial charge in [-0.2, -0.15) is 0 Å². The lowest BCUT2D eigenvalue weighted by Crippen LogP contribution is -2.37. The first-order valence-corrected chi connectivity index (χ1v) is 8.54. The van der Waals surface area contributed by atoms with Crippen LogP contribution in [0.1, 0.15) is 25.8 Å². The van der Waals surface area contributed by atoms with Crippen molar-refractivity contribution in [2.24, 2.45) is 16.6 Å². The monoisotopic (exact) mass is 430 g/mol. The molecule has 5 heteroatoms. The molecule has 0 radical (unpaired) electrons. The minimum absolute atomic E-state index is 0. The molecule has 1 aromatic carbocycles. The first-order chi connectivity index (χ1) is 10.7. The van der Waals surface area contributed by atoms with E-state index in [2.05, 4.69) is 59.0 Å². The summed E-state index contributed by atoms with van der Waals surface area (Å²) in [6.07, 6.45) is 2.38. The van der Waals surface area contributed by atoms with Crippen molar-refractivity contribution in [3.63, 3.8) is 0 Å². The van der Waals surface area contributed by atoms with Crippen LogP contribution in [0.2, 0.25) is 0 Å². The lowest BCUT2D eigenvalue weighted by Gasteiger charge is -2.20. The van der Waals surface area contributed by atoms with Crippen molar-refractivity contribution in [1.82, 2.24) is 9.80 Å². The highest BCUT2D eigenvalue weighted by Crippen LogP contribution is 2.17. The van der Waals surface area contributed by atoms with Crippen LogP contribution in [-0.2, 0) is 6.42 Å². The Morgan fingerprint density at radius 1 is 1.26 bits per heavy atom. The van der Waals surface area contributed by atoms with E-state index in [4.69, 9.17) is 5.73 Å². The number of likely N-dealkylation sites (tertiary alicyclic amines) is 1. The number of aliphatic imine (C=N–C) groups is 1. The van der Waals surface area contributed by atoms with E-state index in [-0.39, 0.29) is 24.0 Å². The van der Waals surface area contributed by atoms with Crippen molar-refractivity contribution in [3.05, 3.63) is 35.9 Å². The summed E-state index contributed by atoms with van der Waals surface area (Å²) >= 11 is 0. The predicted molar refractivity (Wildman–Crippen MR) is 110 cm³/mol. The van der Waals surface area contributed by atoms with Crippen molar-refractivity contribution in [2.45, 2.75) is 26.7 Å². The largest absolute Gasteiger partial charge is 0.370 e. The maximum atomic E-state index is 6.05. The highest BCUT2D eigenvalue weighted by atomic mass is 127. The minimum atomic E-state index is 0. The SMILES string of the molecule is CCN(CC)C(N)=NCC1CCN(CCc2ccccc2)C1.I. The molecule has 1 unspecified atom stereocenters. The van der Waals surface area contributed by atoms with Gasteiger partial charge in [0.1, 0.15) is 0 Å². The second kappa shape index (κ2) is 10.9. The summed E-state index contributed by atoms with van der Waals surface area (Å²) in [6, 6.07) is 10.7. The molecule has 0 spiro atoms. The van der Waals surface area contributed by atoms with Gasteiger partial charge in [-0.1, -0.05) is 30.3 Å². The van der Waals surface area contributed by atoms with Crippen LogP contribution in [0.3, 0.4) is 0 Å². The minimum Gasteiger partial charge on any atom is -0.370 e. The zero-order valence-corrected chi connectivity index (χ0v) is 16.8. The molecule has 0 amide bonds. The normalized spacial score (nSPS) is 18.7. The molecule has 130 valence electrons. The third-order valence-corrected chi connectivity index (χ3v) is 4.53. The molecular formula is C18H31IN4. The van der Waals surface area contributed by atoms with Gasteiger partial charge in [0.25, 0.3) is 0 Å². The fourth-order valence-electron chi connectivity index (χ4n) is 3.07. The Labute approximate surface area is 158 Å². The van der Waals surface area contributed by atoms with Crippen LogP contribution in [0.15, 0.2) is 35.3 Å². The third kappa shape index (κ3) is 6.67. The van der Waals surface area contributed by atoms with Crippen LogP contribution in [0, 0.1) is 5.92 Å². The number of hydrogen-bond donors (Lipinski definition) is 1. The van der Waals surface area contributed by atoms with Crippen molar-refractivity contribution in [3.8, 4) is 0 Å². The Balaban J connectivity index is 0.00000264. The molecule has 0 aromatic heterocycles. The van der Waals surface area contributed by atoms with Gasteiger partial charge in [0.2, 0.25) is 0 Å². The molecule has 4 nitrogen and oxygen atoms in total. The first kappa shape index (κ1) is 20.2. The van der Waals surface area contributed by atoms with Crippen LogP contribution in [-0.4, -0.2) is 55.0 Å². The van der Waals surface area contributed by atoms with Gasteiger partial charge in [0.15, 0.2) is 5.96 Å². The van der Waals surface area contributed by atoms with Crippen LogP contribution in [0.5, 0.6) is 0 Å². The molecule has 1 atom stereocenters. The van der Waals surface area contributed by atoms with E-state index in [9.17, 15) is 0 Å². The average Bonchev–Trinajstić information content (AvgIpc) is 3.01. The third-order valence-electron chi connectivity index (χ3n) is 4.53. The summed E-state index contributed by atoms with van der Waals surface area (Å²) in [5, 5.41) is 0. The Hall–Kier alpha value is -0.820. The Bertz CT molecular complexity index is 459. The smallest absolute Gasteiger partial charge is 0.191 e. The van der Waals surface area contributed by atoms with Crippen LogP contribution < -0.4 is 5.73 Å². The second-order valence-electron chi connectivity index (χ2n) is 6.06. The van der Waals surface area contributed by atoms with Crippen molar-refractivity contribution in [2.75, 3.05) is 39.3 Å². The Morgan fingerprint density at radius 3 is 2.61 bits per heavy atom. The fourth-order valence-corrected chi connectivity index (χ4v) is 3.07. The van der Waals surface area contributed by atoms with Crippen molar-refractivity contribution >= 4 is 29.9 Å². The molecule has 0 bridgehead atoms. The van der Waals surface area contributed by atoms with Crippen molar-refractivity contribution < 1.29 is 0 Å².